The average Bonchev–Trinajstić information content (AvgIpc) is 2.57. The van der Waals surface area contributed by atoms with E-state index in [1.807, 2.05) is 31.5 Å². The highest BCUT2D eigenvalue weighted by molar-refractivity contribution is 5.48. The van der Waals surface area contributed by atoms with Crippen molar-refractivity contribution >= 4 is 17.3 Å². The fraction of sp³-hybridized carbons (Fsp3) is 0.250. The van der Waals surface area contributed by atoms with Gasteiger partial charge in [0.05, 0.1) is 0 Å². The van der Waals surface area contributed by atoms with E-state index >= 15 is 0 Å². The van der Waals surface area contributed by atoms with Gasteiger partial charge in [-0.05, 0) is 67.5 Å². The largest absolute Gasteiger partial charge is 0.399 e. The zero-order valence-corrected chi connectivity index (χ0v) is 14.9. The molecule has 3 aromatic rings. The first-order valence-corrected chi connectivity index (χ1v) is 8.66. The third-order valence-electron chi connectivity index (χ3n) is 4.15. The first kappa shape index (κ1) is 17.7. The number of hydrogen-bond donors (Lipinski definition) is 3. The summed E-state index contributed by atoms with van der Waals surface area (Å²) in [5.41, 5.74) is 23.4. The number of nitrogens with zero attached hydrogens (tertiary/aromatic N) is 3. The molecule has 0 aromatic carbocycles. The van der Waals surface area contributed by atoms with Crippen LogP contribution in [0.4, 0.5) is 17.3 Å². The molecule has 0 saturated carbocycles. The summed E-state index contributed by atoms with van der Waals surface area (Å²) in [7, 11) is 0. The fourth-order valence-electron chi connectivity index (χ4n) is 3.02. The van der Waals surface area contributed by atoms with E-state index in [9.17, 15) is 0 Å². The van der Waals surface area contributed by atoms with Gasteiger partial charge in [0.1, 0.15) is 11.6 Å². The van der Waals surface area contributed by atoms with E-state index < -0.39 is 0 Å². The van der Waals surface area contributed by atoms with Crippen LogP contribution in [0.1, 0.15) is 28.1 Å². The molecule has 3 heterocycles. The van der Waals surface area contributed by atoms with E-state index in [-0.39, 0.29) is 0 Å². The summed E-state index contributed by atoms with van der Waals surface area (Å²) >= 11 is 0. The second-order valence-corrected chi connectivity index (χ2v) is 6.58. The van der Waals surface area contributed by atoms with Crippen molar-refractivity contribution in [3.63, 3.8) is 0 Å². The minimum absolute atomic E-state index is 0.455. The molecule has 6 heteroatoms. The Bertz CT molecular complexity index is 795. The van der Waals surface area contributed by atoms with Crippen LogP contribution in [0.25, 0.3) is 0 Å². The summed E-state index contributed by atoms with van der Waals surface area (Å²) < 4.78 is 0. The predicted molar refractivity (Wildman–Crippen MR) is 106 cm³/mol. The van der Waals surface area contributed by atoms with Gasteiger partial charge in [-0.25, -0.2) is 9.97 Å². The SMILES string of the molecule is Cc1cc(N)nc(CCc2cncc(CCc3cc(N)cc(N)n3)c2)c1. The van der Waals surface area contributed by atoms with E-state index in [1.165, 1.54) is 11.1 Å². The second kappa shape index (κ2) is 7.82. The molecule has 0 radical (unpaired) electrons. The lowest BCUT2D eigenvalue weighted by atomic mass is 10.0. The van der Waals surface area contributed by atoms with Gasteiger partial charge in [-0.2, -0.15) is 0 Å². The number of pyridine rings is 3. The van der Waals surface area contributed by atoms with Crippen LogP contribution in [-0.4, -0.2) is 15.0 Å². The Morgan fingerprint density at radius 2 is 1.27 bits per heavy atom. The molecule has 0 unspecified atom stereocenters. The van der Waals surface area contributed by atoms with Crippen LogP contribution in [-0.2, 0) is 25.7 Å². The van der Waals surface area contributed by atoms with E-state index in [1.54, 1.807) is 6.07 Å². The maximum absolute atomic E-state index is 5.82. The maximum atomic E-state index is 5.82. The summed E-state index contributed by atoms with van der Waals surface area (Å²) in [5.74, 6) is 1.03. The monoisotopic (exact) mass is 348 g/mol. The molecule has 0 amide bonds. The Balaban J connectivity index is 1.62. The summed E-state index contributed by atoms with van der Waals surface area (Å²) in [5, 5.41) is 0. The topological polar surface area (TPSA) is 117 Å². The summed E-state index contributed by atoms with van der Waals surface area (Å²) in [6.45, 7) is 2.03. The number of aryl methyl sites for hydroxylation is 5. The van der Waals surface area contributed by atoms with Crippen molar-refractivity contribution < 1.29 is 0 Å². The van der Waals surface area contributed by atoms with Gasteiger partial charge in [0, 0.05) is 35.5 Å². The lowest BCUT2D eigenvalue weighted by Gasteiger charge is -2.07. The molecular weight excluding hydrogens is 324 g/mol. The molecule has 26 heavy (non-hydrogen) atoms. The van der Waals surface area contributed by atoms with Crippen LogP contribution in [0, 0.1) is 6.92 Å². The summed E-state index contributed by atoms with van der Waals surface area (Å²) in [6, 6.07) is 9.66. The molecular formula is C20H24N6. The van der Waals surface area contributed by atoms with E-state index in [0.29, 0.717) is 17.3 Å². The zero-order valence-electron chi connectivity index (χ0n) is 14.9. The van der Waals surface area contributed by atoms with Crippen LogP contribution in [0.15, 0.2) is 42.7 Å². The van der Waals surface area contributed by atoms with Crippen molar-refractivity contribution in [1.82, 2.24) is 15.0 Å². The second-order valence-electron chi connectivity index (χ2n) is 6.58. The quantitative estimate of drug-likeness (QED) is 0.630. The van der Waals surface area contributed by atoms with Crippen molar-refractivity contribution in [3.05, 3.63) is 70.8 Å². The molecule has 0 aliphatic rings. The third-order valence-corrected chi connectivity index (χ3v) is 4.15. The number of hydrogen-bond acceptors (Lipinski definition) is 6. The van der Waals surface area contributed by atoms with Crippen LogP contribution in [0.3, 0.4) is 0 Å². The van der Waals surface area contributed by atoms with E-state index in [2.05, 4.69) is 27.1 Å². The van der Waals surface area contributed by atoms with Crippen LogP contribution in [0.2, 0.25) is 0 Å². The highest BCUT2D eigenvalue weighted by Gasteiger charge is 2.04. The molecule has 0 saturated heterocycles. The van der Waals surface area contributed by atoms with Crippen molar-refractivity contribution in [2.75, 3.05) is 17.2 Å². The highest BCUT2D eigenvalue weighted by Crippen LogP contribution is 2.14. The smallest absolute Gasteiger partial charge is 0.125 e. The third kappa shape index (κ3) is 4.92. The number of rotatable bonds is 6. The van der Waals surface area contributed by atoms with Gasteiger partial charge in [0.25, 0.3) is 0 Å². The minimum atomic E-state index is 0.455. The average molecular weight is 348 g/mol. The van der Waals surface area contributed by atoms with Gasteiger partial charge in [-0.1, -0.05) is 6.07 Å². The summed E-state index contributed by atoms with van der Waals surface area (Å²) in [6.07, 6.45) is 7.12. The van der Waals surface area contributed by atoms with Gasteiger partial charge in [0.15, 0.2) is 0 Å². The van der Waals surface area contributed by atoms with Crippen LogP contribution < -0.4 is 17.2 Å². The van der Waals surface area contributed by atoms with Gasteiger partial charge in [-0.15, -0.1) is 0 Å². The van der Waals surface area contributed by atoms with Crippen molar-refractivity contribution in [1.29, 1.82) is 0 Å². The number of nitrogen functional groups attached to an aromatic ring is 3. The first-order valence-electron chi connectivity index (χ1n) is 8.66. The Labute approximate surface area is 153 Å². The lowest BCUT2D eigenvalue weighted by Crippen LogP contribution is -2.02. The first-order chi connectivity index (χ1) is 12.5. The van der Waals surface area contributed by atoms with Crippen molar-refractivity contribution in [3.8, 4) is 0 Å². The highest BCUT2D eigenvalue weighted by atomic mass is 14.8. The molecule has 0 bridgehead atoms. The Kier molecular flexibility index (Phi) is 5.31. The molecule has 0 atom stereocenters. The molecule has 3 aromatic heterocycles. The van der Waals surface area contributed by atoms with Gasteiger partial charge in [-0.3, -0.25) is 4.98 Å². The molecule has 3 rings (SSSR count). The maximum Gasteiger partial charge on any atom is 0.125 e. The zero-order chi connectivity index (χ0) is 18.5. The van der Waals surface area contributed by atoms with Gasteiger partial charge < -0.3 is 17.2 Å². The minimum Gasteiger partial charge on any atom is -0.399 e. The van der Waals surface area contributed by atoms with E-state index in [0.717, 1.165) is 42.6 Å². The number of aromatic nitrogens is 3. The molecule has 0 fully saturated rings. The summed E-state index contributed by atoms with van der Waals surface area (Å²) in [4.78, 5) is 13.1. The molecule has 0 aliphatic carbocycles. The Morgan fingerprint density at radius 1 is 0.692 bits per heavy atom. The normalized spacial score (nSPS) is 10.8. The molecule has 134 valence electrons. The van der Waals surface area contributed by atoms with E-state index in [4.69, 9.17) is 17.2 Å². The van der Waals surface area contributed by atoms with Crippen LogP contribution >= 0.6 is 0 Å². The van der Waals surface area contributed by atoms with Gasteiger partial charge in [0.2, 0.25) is 0 Å². The molecule has 0 spiro atoms. The Morgan fingerprint density at radius 3 is 1.85 bits per heavy atom. The number of nitrogens with two attached hydrogens (primary N) is 3. The molecule has 0 aliphatic heterocycles. The molecule has 6 N–H and O–H groups in total. The Hall–Kier alpha value is -3.15. The van der Waals surface area contributed by atoms with Crippen molar-refractivity contribution in [2.45, 2.75) is 32.6 Å². The predicted octanol–water partition coefficient (Wildman–Crippen LogP) is 2.50. The standard InChI is InChI=1S/C20H24N6/c1-13-6-17(25-19(22)7-13)4-2-14-8-15(12-24-11-14)3-5-18-9-16(21)10-20(23)26-18/h6-12H,2-5H2,1H3,(H2,22,25)(H4,21,23,26). The fourth-order valence-corrected chi connectivity index (χ4v) is 3.02. The number of anilines is 3. The molecule has 6 nitrogen and oxygen atoms in total. The van der Waals surface area contributed by atoms with Gasteiger partial charge >= 0.3 is 0 Å². The van der Waals surface area contributed by atoms with Crippen LogP contribution in [0.5, 0.6) is 0 Å². The lowest BCUT2D eigenvalue weighted by molar-refractivity contribution is 0.881. The van der Waals surface area contributed by atoms with Crippen molar-refractivity contribution in [2.24, 2.45) is 0 Å².